The molecule has 5 rings (SSSR count). The molecule has 2 fully saturated rings. The van der Waals surface area contributed by atoms with Gasteiger partial charge in [-0.15, -0.1) is 0 Å². The lowest BCUT2D eigenvalue weighted by atomic mass is 9.55. The summed E-state index contributed by atoms with van der Waals surface area (Å²) in [6, 6.07) is 7.24. The average Bonchev–Trinajstić information content (AvgIpc) is 3.54. The number of rotatable bonds is 5. The summed E-state index contributed by atoms with van der Waals surface area (Å²) in [5.41, 5.74) is 3.17. The molecule has 0 amide bonds. The molecule has 3 unspecified atom stereocenters. The molecule has 4 aliphatic rings. The molecule has 5 heteroatoms. The number of fused-ring (bicyclic) bond motifs is 1. The molecule has 2 bridgehead atoms. The van der Waals surface area contributed by atoms with Crippen molar-refractivity contribution in [2.45, 2.75) is 43.6 Å². The van der Waals surface area contributed by atoms with Gasteiger partial charge in [0.25, 0.3) is 0 Å². The first kappa shape index (κ1) is 18.2. The van der Waals surface area contributed by atoms with Crippen LogP contribution in [0.5, 0.6) is 5.75 Å². The Balaban J connectivity index is 1.51. The van der Waals surface area contributed by atoms with E-state index < -0.39 is 0 Å². The second kappa shape index (κ2) is 6.87. The van der Waals surface area contributed by atoms with Crippen molar-refractivity contribution in [3.05, 3.63) is 29.3 Å². The summed E-state index contributed by atoms with van der Waals surface area (Å²) in [5, 5.41) is 0. The second-order valence-electron chi connectivity index (χ2n) is 9.15. The number of hydrogen-bond acceptors (Lipinski definition) is 4. The molecule has 28 heavy (non-hydrogen) atoms. The SMILES string of the molecule is COC(=O)CN1CCC23CC=[N+](CC4CC4)C(Cc4ccc(OC)cc42)C3C1. The molecule has 1 saturated carbocycles. The van der Waals surface area contributed by atoms with Crippen LogP contribution in [0.25, 0.3) is 0 Å². The normalized spacial score (nSPS) is 31.4. The molecule has 2 aliphatic heterocycles. The largest absolute Gasteiger partial charge is 0.497 e. The van der Waals surface area contributed by atoms with Crippen molar-refractivity contribution in [1.29, 1.82) is 0 Å². The Bertz CT molecular complexity index is 816. The Kier molecular flexibility index (Phi) is 4.46. The van der Waals surface area contributed by atoms with Crippen molar-refractivity contribution >= 4 is 12.2 Å². The van der Waals surface area contributed by atoms with Crippen LogP contribution in [0.15, 0.2) is 18.2 Å². The first-order chi connectivity index (χ1) is 13.6. The maximum atomic E-state index is 11.9. The van der Waals surface area contributed by atoms with E-state index in [1.807, 2.05) is 0 Å². The fourth-order valence-electron chi connectivity index (χ4n) is 5.93. The number of esters is 1. The van der Waals surface area contributed by atoms with Gasteiger partial charge in [-0.05, 0) is 49.1 Å². The Morgan fingerprint density at radius 3 is 2.93 bits per heavy atom. The maximum absolute atomic E-state index is 11.9. The van der Waals surface area contributed by atoms with E-state index >= 15 is 0 Å². The quantitative estimate of drug-likeness (QED) is 0.578. The number of carbonyl (C=O) groups is 1. The van der Waals surface area contributed by atoms with Crippen LogP contribution in [0, 0.1) is 11.8 Å². The van der Waals surface area contributed by atoms with Crippen LogP contribution in [-0.4, -0.2) is 68.1 Å². The zero-order chi connectivity index (χ0) is 19.3. The molecule has 0 N–H and O–H groups in total. The van der Waals surface area contributed by atoms with Gasteiger partial charge in [-0.3, -0.25) is 9.69 Å². The highest BCUT2D eigenvalue weighted by atomic mass is 16.5. The summed E-state index contributed by atoms with van der Waals surface area (Å²) in [7, 11) is 3.24. The number of nitrogens with zero attached hydrogens (tertiary/aromatic N) is 2. The Morgan fingerprint density at radius 1 is 1.32 bits per heavy atom. The minimum atomic E-state index is -0.125. The fraction of sp³-hybridized carbons (Fsp3) is 0.652. The smallest absolute Gasteiger partial charge is 0.319 e. The molecule has 0 aromatic heterocycles. The van der Waals surface area contributed by atoms with Gasteiger partial charge in [0.1, 0.15) is 18.5 Å². The highest BCUT2D eigenvalue weighted by Crippen LogP contribution is 2.52. The number of likely N-dealkylation sites (tertiary alicyclic amines) is 1. The van der Waals surface area contributed by atoms with Crippen molar-refractivity contribution < 1.29 is 18.8 Å². The number of ether oxygens (including phenoxy) is 2. The molecule has 1 saturated heterocycles. The van der Waals surface area contributed by atoms with E-state index in [0.717, 1.165) is 44.0 Å². The lowest BCUT2D eigenvalue weighted by Gasteiger charge is -2.54. The summed E-state index contributed by atoms with van der Waals surface area (Å²) in [6.07, 6.45) is 8.58. The van der Waals surface area contributed by atoms with E-state index in [-0.39, 0.29) is 11.4 Å². The number of benzene rings is 1. The molecule has 3 atom stereocenters. The van der Waals surface area contributed by atoms with Crippen LogP contribution in [-0.2, 0) is 21.4 Å². The predicted molar refractivity (Wildman–Crippen MR) is 107 cm³/mol. The predicted octanol–water partition coefficient (Wildman–Crippen LogP) is 2.25. The summed E-state index contributed by atoms with van der Waals surface area (Å²) >= 11 is 0. The lowest BCUT2D eigenvalue weighted by Crippen LogP contribution is -2.63. The molecular weight excluding hydrogens is 352 g/mol. The summed E-state index contributed by atoms with van der Waals surface area (Å²) in [5.74, 6) is 2.27. The molecule has 2 heterocycles. The van der Waals surface area contributed by atoms with Gasteiger partial charge in [0.15, 0.2) is 6.04 Å². The van der Waals surface area contributed by atoms with E-state index in [4.69, 9.17) is 9.47 Å². The molecule has 0 spiro atoms. The Morgan fingerprint density at radius 2 is 2.18 bits per heavy atom. The van der Waals surface area contributed by atoms with Crippen LogP contribution in [0.1, 0.15) is 36.8 Å². The van der Waals surface area contributed by atoms with Gasteiger partial charge in [-0.25, -0.2) is 4.58 Å². The highest BCUT2D eigenvalue weighted by molar-refractivity contribution is 5.71. The average molecular weight is 384 g/mol. The summed E-state index contributed by atoms with van der Waals surface area (Å²) in [6.45, 7) is 3.55. The van der Waals surface area contributed by atoms with Gasteiger partial charge >= 0.3 is 5.97 Å². The van der Waals surface area contributed by atoms with Crippen molar-refractivity contribution in [1.82, 2.24) is 4.90 Å². The van der Waals surface area contributed by atoms with E-state index in [0.29, 0.717) is 18.5 Å². The Labute approximate surface area is 167 Å². The Hall–Kier alpha value is -1.88. The zero-order valence-corrected chi connectivity index (χ0v) is 17.0. The minimum Gasteiger partial charge on any atom is -0.497 e. The van der Waals surface area contributed by atoms with Crippen LogP contribution < -0.4 is 4.74 Å². The van der Waals surface area contributed by atoms with Crippen LogP contribution >= 0.6 is 0 Å². The lowest BCUT2D eigenvalue weighted by molar-refractivity contribution is -0.584. The van der Waals surface area contributed by atoms with E-state index in [2.05, 4.69) is 33.9 Å². The number of carbonyl (C=O) groups excluding carboxylic acids is 1. The topological polar surface area (TPSA) is 41.8 Å². The van der Waals surface area contributed by atoms with E-state index in [9.17, 15) is 4.79 Å². The van der Waals surface area contributed by atoms with Gasteiger partial charge in [0, 0.05) is 36.6 Å². The third-order valence-electron chi connectivity index (χ3n) is 7.65. The molecule has 1 aromatic carbocycles. The molecule has 5 nitrogen and oxygen atoms in total. The second-order valence-corrected chi connectivity index (χ2v) is 9.15. The van der Waals surface area contributed by atoms with Crippen molar-refractivity contribution in [3.8, 4) is 5.75 Å². The van der Waals surface area contributed by atoms with E-state index in [1.54, 1.807) is 7.11 Å². The first-order valence-corrected chi connectivity index (χ1v) is 10.7. The van der Waals surface area contributed by atoms with Crippen molar-refractivity contribution in [3.63, 3.8) is 0 Å². The number of piperidine rings is 1. The minimum absolute atomic E-state index is 0.125. The molecule has 0 radical (unpaired) electrons. The monoisotopic (exact) mass is 383 g/mol. The third-order valence-corrected chi connectivity index (χ3v) is 7.65. The van der Waals surface area contributed by atoms with Crippen LogP contribution in [0.3, 0.4) is 0 Å². The third kappa shape index (κ3) is 2.95. The van der Waals surface area contributed by atoms with Gasteiger partial charge < -0.3 is 9.47 Å². The van der Waals surface area contributed by atoms with Gasteiger partial charge in [-0.2, -0.15) is 0 Å². The molecular formula is C23H31N2O3+. The fourth-order valence-corrected chi connectivity index (χ4v) is 5.93. The highest BCUT2D eigenvalue weighted by Gasteiger charge is 2.57. The van der Waals surface area contributed by atoms with Crippen molar-refractivity contribution in [2.24, 2.45) is 11.8 Å². The van der Waals surface area contributed by atoms with Gasteiger partial charge in [0.2, 0.25) is 0 Å². The van der Waals surface area contributed by atoms with Crippen LogP contribution in [0.2, 0.25) is 0 Å². The molecule has 1 aromatic rings. The zero-order valence-electron chi connectivity index (χ0n) is 17.0. The van der Waals surface area contributed by atoms with Crippen LogP contribution in [0.4, 0.5) is 0 Å². The van der Waals surface area contributed by atoms with Gasteiger partial charge in [0.05, 0.1) is 20.8 Å². The number of methoxy groups -OCH3 is 2. The van der Waals surface area contributed by atoms with E-state index in [1.165, 1.54) is 37.6 Å². The standard InChI is InChI=1S/C23H31N2O3/c1-27-18-6-5-17-11-21-20-14-24(15-22(26)28-2)9-7-23(20,19(17)12-18)8-10-25(21)13-16-3-4-16/h5-6,10,12,16,20-21H,3-4,7-9,11,13-15H2,1-2H3/q+1. The summed E-state index contributed by atoms with van der Waals surface area (Å²) in [4.78, 5) is 14.2. The first-order valence-electron chi connectivity index (χ1n) is 10.7. The molecule has 150 valence electrons. The number of hydrogen-bond donors (Lipinski definition) is 0. The summed E-state index contributed by atoms with van der Waals surface area (Å²) < 4.78 is 13.2. The van der Waals surface area contributed by atoms with Crippen molar-refractivity contribution in [2.75, 3.05) is 40.4 Å². The van der Waals surface area contributed by atoms with Gasteiger partial charge in [-0.1, -0.05) is 6.07 Å². The molecule has 2 aliphatic carbocycles. The maximum Gasteiger partial charge on any atom is 0.319 e.